The lowest BCUT2D eigenvalue weighted by Gasteiger charge is -2.35. The van der Waals surface area contributed by atoms with Gasteiger partial charge < -0.3 is 10.2 Å². The van der Waals surface area contributed by atoms with Crippen molar-refractivity contribution in [2.24, 2.45) is 17.3 Å². The maximum Gasteiger partial charge on any atom is 0.0602 e. The standard InChI is InChI=1S/C25H42O2/c1-19(2)6-3-4-7-21-11-13-25(18-21)12-5-8-20(17-25)9-10-22-14-23(26)16-24(27)15-22/h9-10,19,21,23-24,26-27H,3-8,11-18H2,1-2H3/t21-,23-,24-,25-/m1/s1. The van der Waals surface area contributed by atoms with Crippen LogP contribution in [0.2, 0.25) is 0 Å². The van der Waals surface area contributed by atoms with E-state index in [1.54, 1.807) is 5.57 Å². The van der Waals surface area contributed by atoms with E-state index in [0.717, 1.165) is 24.7 Å². The normalized spacial score (nSPS) is 36.1. The third kappa shape index (κ3) is 6.46. The topological polar surface area (TPSA) is 40.5 Å². The van der Waals surface area contributed by atoms with Gasteiger partial charge in [-0.25, -0.2) is 0 Å². The van der Waals surface area contributed by atoms with Gasteiger partial charge in [-0.1, -0.05) is 62.8 Å². The molecular formula is C25H42O2. The zero-order valence-electron chi connectivity index (χ0n) is 17.8. The largest absolute Gasteiger partial charge is 0.393 e. The van der Waals surface area contributed by atoms with Crippen LogP contribution < -0.4 is 0 Å². The molecule has 1 spiro atoms. The first kappa shape index (κ1) is 21.1. The number of rotatable bonds is 6. The molecule has 0 aromatic heterocycles. The number of aliphatic hydroxyl groups excluding tert-OH is 2. The lowest BCUT2D eigenvalue weighted by molar-refractivity contribution is 0.0609. The Morgan fingerprint density at radius 3 is 2.52 bits per heavy atom. The first-order valence-corrected chi connectivity index (χ1v) is 11.7. The summed E-state index contributed by atoms with van der Waals surface area (Å²) in [6.07, 6.45) is 21.2. The van der Waals surface area contributed by atoms with Gasteiger partial charge in [-0.2, -0.15) is 0 Å². The maximum atomic E-state index is 9.88. The molecular weight excluding hydrogens is 332 g/mol. The molecule has 27 heavy (non-hydrogen) atoms. The van der Waals surface area contributed by atoms with Crippen molar-refractivity contribution >= 4 is 0 Å². The molecule has 0 unspecified atom stereocenters. The first-order chi connectivity index (χ1) is 12.9. The number of hydrogen-bond donors (Lipinski definition) is 2. The van der Waals surface area contributed by atoms with Gasteiger partial charge in [0.05, 0.1) is 12.2 Å². The summed E-state index contributed by atoms with van der Waals surface area (Å²) < 4.78 is 0. The second-order valence-corrected chi connectivity index (χ2v) is 10.4. The summed E-state index contributed by atoms with van der Waals surface area (Å²) in [6.45, 7) is 4.68. The fraction of sp³-hybridized carbons (Fsp3) is 0.840. The monoisotopic (exact) mass is 374 g/mol. The van der Waals surface area contributed by atoms with Crippen molar-refractivity contribution in [1.82, 2.24) is 0 Å². The molecule has 0 bridgehead atoms. The van der Waals surface area contributed by atoms with E-state index in [4.69, 9.17) is 0 Å². The SMILES string of the molecule is CC(C)CCCC[C@@H]1CC[C@@]2(CCCC(=CC=C3C[C@@H](O)C[C@H](O)C3)C2)C1. The molecule has 3 rings (SSSR count). The summed E-state index contributed by atoms with van der Waals surface area (Å²) in [5.74, 6) is 1.82. The number of allylic oxidation sites excluding steroid dienone is 3. The molecule has 0 aliphatic heterocycles. The maximum absolute atomic E-state index is 9.88. The number of aliphatic hydroxyl groups is 2. The van der Waals surface area contributed by atoms with Gasteiger partial charge in [0.25, 0.3) is 0 Å². The predicted octanol–water partition coefficient (Wildman–Crippen LogP) is 6.32. The molecule has 154 valence electrons. The summed E-state index contributed by atoms with van der Waals surface area (Å²) in [4.78, 5) is 0. The molecule has 2 nitrogen and oxygen atoms in total. The third-order valence-electron chi connectivity index (χ3n) is 7.35. The molecule has 0 aromatic carbocycles. The minimum atomic E-state index is -0.359. The van der Waals surface area contributed by atoms with Gasteiger partial charge in [-0.3, -0.25) is 0 Å². The average Bonchev–Trinajstić information content (AvgIpc) is 2.98. The van der Waals surface area contributed by atoms with Crippen LogP contribution in [-0.2, 0) is 0 Å². The van der Waals surface area contributed by atoms with E-state index in [1.807, 2.05) is 0 Å². The lowest BCUT2D eigenvalue weighted by Crippen LogP contribution is -2.24. The van der Waals surface area contributed by atoms with Crippen molar-refractivity contribution in [1.29, 1.82) is 0 Å². The highest BCUT2D eigenvalue weighted by atomic mass is 16.3. The Kier molecular flexibility index (Phi) is 7.62. The van der Waals surface area contributed by atoms with Crippen molar-refractivity contribution < 1.29 is 10.2 Å². The van der Waals surface area contributed by atoms with Gasteiger partial charge in [0.2, 0.25) is 0 Å². The summed E-state index contributed by atoms with van der Waals surface area (Å²) in [6, 6.07) is 0. The van der Waals surface area contributed by atoms with Gasteiger partial charge >= 0.3 is 0 Å². The van der Waals surface area contributed by atoms with Crippen LogP contribution >= 0.6 is 0 Å². The Morgan fingerprint density at radius 1 is 1.04 bits per heavy atom. The molecule has 3 aliphatic carbocycles. The highest BCUT2D eigenvalue weighted by Gasteiger charge is 2.40. The van der Waals surface area contributed by atoms with Crippen LogP contribution in [0.1, 0.15) is 104 Å². The van der Waals surface area contributed by atoms with E-state index in [9.17, 15) is 10.2 Å². The van der Waals surface area contributed by atoms with Crippen molar-refractivity contribution in [3.63, 3.8) is 0 Å². The molecule has 2 heteroatoms. The van der Waals surface area contributed by atoms with E-state index < -0.39 is 0 Å². The van der Waals surface area contributed by atoms with E-state index in [2.05, 4.69) is 26.0 Å². The van der Waals surface area contributed by atoms with Gasteiger partial charge in [-0.05, 0) is 81.5 Å². The van der Waals surface area contributed by atoms with Crippen LogP contribution in [0.25, 0.3) is 0 Å². The van der Waals surface area contributed by atoms with Gasteiger partial charge in [0.1, 0.15) is 0 Å². The summed E-state index contributed by atoms with van der Waals surface area (Å²) in [7, 11) is 0. The number of unbranched alkanes of at least 4 members (excludes halogenated alkanes) is 1. The molecule has 4 atom stereocenters. The van der Waals surface area contributed by atoms with E-state index in [1.165, 1.54) is 76.2 Å². The third-order valence-corrected chi connectivity index (χ3v) is 7.35. The molecule has 2 N–H and O–H groups in total. The Labute approximate surface area is 167 Å². The smallest absolute Gasteiger partial charge is 0.0602 e. The Morgan fingerprint density at radius 2 is 1.78 bits per heavy atom. The van der Waals surface area contributed by atoms with Crippen LogP contribution in [0.15, 0.2) is 23.3 Å². The zero-order valence-corrected chi connectivity index (χ0v) is 17.8. The van der Waals surface area contributed by atoms with Crippen molar-refractivity contribution in [2.75, 3.05) is 0 Å². The van der Waals surface area contributed by atoms with Crippen LogP contribution in [-0.4, -0.2) is 22.4 Å². The molecule has 0 aromatic rings. The molecule has 0 radical (unpaired) electrons. The van der Waals surface area contributed by atoms with Crippen LogP contribution in [0, 0.1) is 17.3 Å². The van der Waals surface area contributed by atoms with E-state index in [-0.39, 0.29) is 12.2 Å². The highest BCUT2D eigenvalue weighted by Crippen LogP contribution is 2.53. The van der Waals surface area contributed by atoms with Gasteiger partial charge in [-0.15, -0.1) is 0 Å². The first-order valence-electron chi connectivity index (χ1n) is 11.7. The number of hydrogen-bond acceptors (Lipinski definition) is 2. The lowest BCUT2D eigenvalue weighted by atomic mass is 9.70. The van der Waals surface area contributed by atoms with Crippen LogP contribution in [0.4, 0.5) is 0 Å². The predicted molar refractivity (Wildman–Crippen MR) is 114 cm³/mol. The Hall–Kier alpha value is -0.600. The highest BCUT2D eigenvalue weighted by molar-refractivity contribution is 5.22. The van der Waals surface area contributed by atoms with Crippen LogP contribution in [0.3, 0.4) is 0 Å². The fourth-order valence-corrected chi connectivity index (χ4v) is 5.98. The van der Waals surface area contributed by atoms with Gasteiger partial charge in [0.15, 0.2) is 0 Å². The quantitative estimate of drug-likeness (QED) is 0.534. The minimum absolute atomic E-state index is 0.359. The average molecular weight is 375 g/mol. The van der Waals surface area contributed by atoms with E-state index >= 15 is 0 Å². The molecule has 0 saturated heterocycles. The van der Waals surface area contributed by atoms with Crippen molar-refractivity contribution in [3.05, 3.63) is 23.3 Å². The molecule has 3 saturated carbocycles. The second kappa shape index (κ2) is 9.74. The molecule has 3 aliphatic rings. The summed E-state index contributed by atoms with van der Waals surface area (Å²) in [5.41, 5.74) is 3.43. The van der Waals surface area contributed by atoms with Gasteiger partial charge in [0, 0.05) is 0 Å². The van der Waals surface area contributed by atoms with E-state index in [0.29, 0.717) is 11.8 Å². The van der Waals surface area contributed by atoms with Crippen molar-refractivity contribution in [2.45, 2.75) is 116 Å². The zero-order chi connectivity index (χ0) is 19.3. The second-order valence-electron chi connectivity index (χ2n) is 10.4. The fourth-order valence-electron chi connectivity index (χ4n) is 5.98. The summed E-state index contributed by atoms with van der Waals surface area (Å²) >= 11 is 0. The molecule has 0 heterocycles. The minimum Gasteiger partial charge on any atom is -0.393 e. The Bertz CT molecular complexity index is 520. The molecule has 3 fully saturated rings. The van der Waals surface area contributed by atoms with Crippen molar-refractivity contribution in [3.8, 4) is 0 Å². The summed E-state index contributed by atoms with van der Waals surface area (Å²) in [5, 5.41) is 19.8. The molecule has 0 amide bonds. The Balaban J connectivity index is 1.50. The van der Waals surface area contributed by atoms with Crippen LogP contribution in [0.5, 0.6) is 0 Å².